The summed E-state index contributed by atoms with van der Waals surface area (Å²) in [7, 11) is 0. The zero-order chi connectivity index (χ0) is 12.3. The second-order valence-corrected chi connectivity index (χ2v) is 3.88. The minimum Gasteiger partial charge on any atom is -0.473 e. The Kier molecular flexibility index (Phi) is 3.35. The van der Waals surface area contributed by atoms with Crippen LogP contribution in [0.25, 0.3) is 11.4 Å². The molecule has 17 heavy (non-hydrogen) atoms. The van der Waals surface area contributed by atoms with Crippen molar-refractivity contribution in [1.82, 2.24) is 9.97 Å². The molecule has 1 aromatic heterocycles. The maximum absolute atomic E-state index is 5.52. The van der Waals surface area contributed by atoms with Gasteiger partial charge in [0.05, 0.1) is 12.4 Å². The highest BCUT2D eigenvalue weighted by molar-refractivity contribution is 5.59. The number of nitrogens with two attached hydrogens (primary N) is 1. The fourth-order valence-electron chi connectivity index (χ4n) is 1.55. The number of nitrogens with zero attached hydrogens (tertiary/aromatic N) is 2. The quantitative estimate of drug-likeness (QED) is 0.819. The normalized spacial score (nSPS) is 12.2. The third kappa shape index (κ3) is 2.79. The summed E-state index contributed by atoms with van der Waals surface area (Å²) in [6.07, 6.45) is 2.92. The largest absolute Gasteiger partial charge is 0.473 e. The van der Waals surface area contributed by atoms with Crippen LogP contribution in [0.5, 0.6) is 5.75 Å². The van der Waals surface area contributed by atoms with Gasteiger partial charge in [-0.05, 0) is 19.4 Å². The molecule has 0 bridgehead atoms. The number of aryl methyl sites for hydroxylation is 1. The number of hydrogen-bond acceptors (Lipinski definition) is 4. The molecular formula is C13H15N3O. The van der Waals surface area contributed by atoms with Crippen LogP contribution in [-0.4, -0.2) is 16.2 Å². The third-order valence-corrected chi connectivity index (χ3v) is 2.34. The van der Waals surface area contributed by atoms with Gasteiger partial charge in [-0.3, -0.25) is 5.73 Å². The van der Waals surface area contributed by atoms with Crippen molar-refractivity contribution < 1.29 is 4.74 Å². The maximum Gasteiger partial charge on any atom is 0.159 e. The van der Waals surface area contributed by atoms with Crippen LogP contribution in [0.2, 0.25) is 0 Å². The first-order chi connectivity index (χ1) is 8.16. The highest BCUT2D eigenvalue weighted by atomic mass is 16.5. The molecule has 2 rings (SSSR count). The van der Waals surface area contributed by atoms with E-state index in [0.717, 1.165) is 11.1 Å². The Hall–Kier alpha value is -1.94. The van der Waals surface area contributed by atoms with Crippen molar-refractivity contribution in [2.24, 2.45) is 5.73 Å². The van der Waals surface area contributed by atoms with Gasteiger partial charge in [-0.25, -0.2) is 9.97 Å². The molecule has 2 N–H and O–H groups in total. The minimum atomic E-state index is -0.358. The van der Waals surface area contributed by atoms with Crippen LogP contribution in [0, 0.1) is 6.92 Å². The van der Waals surface area contributed by atoms with E-state index in [9.17, 15) is 0 Å². The van der Waals surface area contributed by atoms with Crippen molar-refractivity contribution in [2.45, 2.75) is 20.1 Å². The van der Waals surface area contributed by atoms with Crippen LogP contribution in [-0.2, 0) is 0 Å². The van der Waals surface area contributed by atoms with Crippen LogP contribution < -0.4 is 10.5 Å². The summed E-state index contributed by atoms with van der Waals surface area (Å²) in [5, 5.41) is 0. The van der Waals surface area contributed by atoms with Gasteiger partial charge in [0.25, 0.3) is 0 Å². The summed E-state index contributed by atoms with van der Waals surface area (Å²) in [5.41, 5.74) is 7.69. The van der Waals surface area contributed by atoms with E-state index >= 15 is 0 Å². The number of benzene rings is 1. The molecule has 0 amide bonds. The van der Waals surface area contributed by atoms with Gasteiger partial charge in [0.2, 0.25) is 0 Å². The van der Waals surface area contributed by atoms with Crippen molar-refractivity contribution >= 4 is 0 Å². The molecule has 0 aliphatic carbocycles. The van der Waals surface area contributed by atoms with Crippen molar-refractivity contribution in [3.05, 3.63) is 42.2 Å². The van der Waals surface area contributed by atoms with Gasteiger partial charge >= 0.3 is 0 Å². The number of ether oxygens (including phenoxy) is 1. The van der Waals surface area contributed by atoms with Crippen molar-refractivity contribution in [3.8, 4) is 17.1 Å². The smallest absolute Gasteiger partial charge is 0.159 e. The summed E-state index contributed by atoms with van der Waals surface area (Å²) in [5.74, 6) is 1.28. The standard InChI is InChI=1S/C13H15N3O/c1-9-5-3-4-6-12(9)13-15-7-11(8-16-13)17-10(2)14/h3-8,10H,14H2,1-2H3. The zero-order valence-corrected chi connectivity index (χ0v) is 9.92. The maximum atomic E-state index is 5.52. The van der Waals surface area contributed by atoms with E-state index in [1.165, 1.54) is 0 Å². The molecule has 88 valence electrons. The van der Waals surface area contributed by atoms with E-state index in [2.05, 4.69) is 9.97 Å². The van der Waals surface area contributed by atoms with E-state index in [1.54, 1.807) is 19.3 Å². The van der Waals surface area contributed by atoms with Gasteiger partial charge in [-0.1, -0.05) is 24.3 Å². The molecule has 0 fully saturated rings. The Morgan fingerprint density at radius 3 is 2.41 bits per heavy atom. The van der Waals surface area contributed by atoms with Gasteiger partial charge in [-0.2, -0.15) is 0 Å². The van der Waals surface area contributed by atoms with E-state index in [1.807, 2.05) is 31.2 Å². The lowest BCUT2D eigenvalue weighted by Crippen LogP contribution is -2.22. The highest BCUT2D eigenvalue weighted by Gasteiger charge is 2.05. The van der Waals surface area contributed by atoms with E-state index < -0.39 is 0 Å². The van der Waals surface area contributed by atoms with Gasteiger partial charge in [0.15, 0.2) is 11.6 Å². The molecular weight excluding hydrogens is 214 g/mol. The Balaban J connectivity index is 2.27. The van der Waals surface area contributed by atoms with Crippen LogP contribution in [0.15, 0.2) is 36.7 Å². The predicted molar refractivity (Wildman–Crippen MR) is 66.5 cm³/mol. The van der Waals surface area contributed by atoms with Crippen LogP contribution >= 0.6 is 0 Å². The average Bonchev–Trinajstić information content (AvgIpc) is 2.30. The topological polar surface area (TPSA) is 61.0 Å². The van der Waals surface area contributed by atoms with E-state index in [4.69, 9.17) is 10.5 Å². The SMILES string of the molecule is Cc1ccccc1-c1ncc(OC(C)N)cn1. The molecule has 1 aromatic carbocycles. The first-order valence-corrected chi connectivity index (χ1v) is 5.47. The van der Waals surface area contributed by atoms with Gasteiger partial charge < -0.3 is 4.74 Å². The number of hydrogen-bond donors (Lipinski definition) is 1. The molecule has 0 aliphatic rings. The molecule has 1 unspecified atom stereocenters. The van der Waals surface area contributed by atoms with Crippen molar-refractivity contribution in [1.29, 1.82) is 0 Å². The first kappa shape index (κ1) is 11.5. The fraction of sp³-hybridized carbons (Fsp3) is 0.231. The molecule has 2 aromatic rings. The van der Waals surface area contributed by atoms with Crippen LogP contribution in [0.3, 0.4) is 0 Å². The number of rotatable bonds is 3. The lowest BCUT2D eigenvalue weighted by molar-refractivity contribution is 0.228. The Morgan fingerprint density at radius 2 is 1.82 bits per heavy atom. The van der Waals surface area contributed by atoms with Crippen LogP contribution in [0.1, 0.15) is 12.5 Å². The summed E-state index contributed by atoms with van der Waals surface area (Å²) in [4.78, 5) is 8.54. The van der Waals surface area contributed by atoms with E-state index in [-0.39, 0.29) is 6.23 Å². The zero-order valence-electron chi connectivity index (χ0n) is 9.92. The summed E-state index contributed by atoms with van der Waals surface area (Å²) >= 11 is 0. The molecule has 0 aliphatic heterocycles. The predicted octanol–water partition coefficient (Wildman–Crippen LogP) is 2.14. The molecule has 0 saturated heterocycles. The fourth-order valence-corrected chi connectivity index (χ4v) is 1.55. The lowest BCUT2D eigenvalue weighted by atomic mass is 10.1. The molecule has 1 heterocycles. The Labute approximate surface area is 100 Å². The van der Waals surface area contributed by atoms with Crippen molar-refractivity contribution in [3.63, 3.8) is 0 Å². The first-order valence-electron chi connectivity index (χ1n) is 5.47. The third-order valence-electron chi connectivity index (χ3n) is 2.34. The van der Waals surface area contributed by atoms with Gasteiger partial charge in [0, 0.05) is 5.56 Å². The van der Waals surface area contributed by atoms with Crippen LogP contribution in [0.4, 0.5) is 0 Å². The minimum absolute atomic E-state index is 0.358. The monoisotopic (exact) mass is 229 g/mol. The molecule has 0 spiro atoms. The molecule has 0 saturated carbocycles. The summed E-state index contributed by atoms with van der Waals surface area (Å²) in [6.45, 7) is 3.79. The second kappa shape index (κ2) is 4.93. The molecule has 0 radical (unpaired) electrons. The van der Waals surface area contributed by atoms with Gasteiger partial charge in [-0.15, -0.1) is 0 Å². The highest BCUT2D eigenvalue weighted by Crippen LogP contribution is 2.20. The summed E-state index contributed by atoms with van der Waals surface area (Å²) in [6, 6.07) is 7.99. The van der Waals surface area contributed by atoms with Gasteiger partial charge in [0.1, 0.15) is 6.23 Å². The summed E-state index contributed by atoms with van der Waals surface area (Å²) < 4.78 is 5.29. The van der Waals surface area contributed by atoms with Crippen molar-refractivity contribution in [2.75, 3.05) is 0 Å². The molecule has 4 nitrogen and oxygen atoms in total. The second-order valence-electron chi connectivity index (χ2n) is 3.88. The Bertz CT molecular complexity index is 494. The average molecular weight is 229 g/mol. The molecule has 1 atom stereocenters. The lowest BCUT2D eigenvalue weighted by Gasteiger charge is -2.09. The van der Waals surface area contributed by atoms with E-state index in [0.29, 0.717) is 11.6 Å². The molecule has 4 heteroatoms. The Morgan fingerprint density at radius 1 is 1.18 bits per heavy atom. The number of aromatic nitrogens is 2.